The number of nitrogen functional groups attached to an aromatic ring is 1. The molecule has 1 aromatic carbocycles. The minimum absolute atomic E-state index is 0.225. The Morgan fingerprint density at radius 3 is 2.72 bits per heavy atom. The van der Waals surface area contributed by atoms with E-state index in [-0.39, 0.29) is 5.15 Å². The van der Waals surface area contributed by atoms with Crippen molar-refractivity contribution in [3.8, 4) is 0 Å². The lowest BCUT2D eigenvalue weighted by atomic mass is 10.2. The summed E-state index contributed by atoms with van der Waals surface area (Å²) in [6.45, 7) is 5.36. The Bertz CT molecular complexity index is 614. The molecule has 1 heterocycles. The van der Waals surface area contributed by atoms with Gasteiger partial charge in [0.1, 0.15) is 5.60 Å². The molecule has 18 heavy (non-hydrogen) atoms. The second-order valence-electron chi connectivity index (χ2n) is 4.96. The highest BCUT2D eigenvalue weighted by Gasteiger charge is 2.21. The van der Waals surface area contributed by atoms with E-state index < -0.39 is 11.7 Å². The molecule has 0 aliphatic heterocycles. The van der Waals surface area contributed by atoms with E-state index in [1.165, 1.54) is 0 Å². The maximum absolute atomic E-state index is 12.0. The predicted octanol–water partition coefficient (Wildman–Crippen LogP) is 3.06. The van der Waals surface area contributed by atoms with Crippen LogP contribution in [0.15, 0.2) is 18.2 Å². The first-order chi connectivity index (χ1) is 8.28. The molecule has 0 amide bonds. The van der Waals surface area contributed by atoms with Crippen LogP contribution in [-0.2, 0) is 4.74 Å². The van der Waals surface area contributed by atoms with Gasteiger partial charge < -0.3 is 10.5 Å². The number of carbonyl (C=O) groups is 1. The van der Waals surface area contributed by atoms with Gasteiger partial charge in [-0.3, -0.25) is 0 Å². The molecule has 0 bridgehead atoms. The number of ether oxygens (including phenoxy) is 1. The molecule has 0 radical (unpaired) electrons. The molecule has 0 saturated heterocycles. The molecule has 0 spiro atoms. The number of fused-ring (bicyclic) bond motifs is 1. The van der Waals surface area contributed by atoms with E-state index in [9.17, 15) is 4.79 Å². The zero-order valence-corrected chi connectivity index (χ0v) is 11.2. The summed E-state index contributed by atoms with van der Waals surface area (Å²) in [5.74, 6) is 0. The molecule has 0 aliphatic rings. The van der Waals surface area contributed by atoms with Crippen molar-refractivity contribution >= 4 is 34.3 Å². The molecule has 0 aliphatic carbocycles. The highest BCUT2D eigenvalue weighted by molar-refractivity contribution is 6.34. The molecule has 0 fully saturated rings. The van der Waals surface area contributed by atoms with Gasteiger partial charge in [0.15, 0.2) is 5.15 Å². The third kappa shape index (κ3) is 2.41. The second-order valence-corrected chi connectivity index (χ2v) is 5.32. The quantitative estimate of drug-likeness (QED) is 0.745. The number of anilines is 1. The highest BCUT2D eigenvalue weighted by Crippen LogP contribution is 2.25. The van der Waals surface area contributed by atoms with Crippen LogP contribution >= 0.6 is 11.6 Å². The molecule has 6 heteroatoms. The van der Waals surface area contributed by atoms with Crippen LogP contribution in [0.5, 0.6) is 0 Å². The van der Waals surface area contributed by atoms with Gasteiger partial charge in [-0.2, -0.15) is 4.68 Å². The lowest BCUT2D eigenvalue weighted by molar-refractivity contribution is 0.0523. The van der Waals surface area contributed by atoms with Gasteiger partial charge in [-0.05, 0) is 39.0 Å². The standard InChI is InChI=1S/C12H14ClN3O2/c1-12(2,3)18-11(17)16-9-5-4-7(14)6-8(9)10(13)15-16/h4-6H,14H2,1-3H3. The van der Waals surface area contributed by atoms with Gasteiger partial charge >= 0.3 is 6.09 Å². The van der Waals surface area contributed by atoms with Crippen molar-refractivity contribution in [2.45, 2.75) is 26.4 Å². The summed E-state index contributed by atoms with van der Waals surface area (Å²) in [7, 11) is 0. The number of halogens is 1. The Kier molecular flexibility index (Phi) is 2.94. The van der Waals surface area contributed by atoms with E-state index in [0.717, 1.165) is 4.68 Å². The van der Waals surface area contributed by atoms with E-state index in [4.69, 9.17) is 22.1 Å². The number of carbonyl (C=O) groups excluding carboxylic acids is 1. The third-order valence-electron chi connectivity index (χ3n) is 2.23. The fourth-order valence-electron chi connectivity index (χ4n) is 1.54. The van der Waals surface area contributed by atoms with Crippen LogP contribution < -0.4 is 5.73 Å². The molecule has 0 atom stereocenters. The summed E-state index contributed by atoms with van der Waals surface area (Å²) in [5.41, 5.74) is 6.22. The van der Waals surface area contributed by atoms with Gasteiger partial charge in [-0.15, -0.1) is 5.10 Å². The molecule has 5 nitrogen and oxygen atoms in total. The first-order valence-corrected chi connectivity index (χ1v) is 5.83. The fraction of sp³-hybridized carbons (Fsp3) is 0.333. The van der Waals surface area contributed by atoms with Crippen LogP contribution in [0.1, 0.15) is 20.8 Å². The average molecular weight is 268 g/mol. The van der Waals surface area contributed by atoms with Crippen LogP contribution in [0, 0.1) is 0 Å². The van der Waals surface area contributed by atoms with E-state index >= 15 is 0 Å². The number of nitrogens with two attached hydrogens (primary N) is 1. The summed E-state index contributed by atoms with van der Waals surface area (Å²) in [5, 5.41) is 4.82. The molecule has 0 saturated carbocycles. The lowest BCUT2D eigenvalue weighted by Gasteiger charge is -2.19. The summed E-state index contributed by atoms with van der Waals surface area (Å²) < 4.78 is 6.39. The number of benzene rings is 1. The normalized spacial score (nSPS) is 11.8. The van der Waals surface area contributed by atoms with Crippen LogP contribution in [0.4, 0.5) is 10.5 Å². The topological polar surface area (TPSA) is 70.1 Å². The minimum atomic E-state index is -0.588. The maximum Gasteiger partial charge on any atom is 0.435 e. The lowest BCUT2D eigenvalue weighted by Crippen LogP contribution is -2.27. The van der Waals surface area contributed by atoms with Crippen molar-refractivity contribution < 1.29 is 9.53 Å². The molecule has 96 valence electrons. The summed E-state index contributed by atoms with van der Waals surface area (Å²) in [6.07, 6.45) is -0.566. The number of nitrogens with zero attached hydrogens (tertiary/aromatic N) is 2. The van der Waals surface area contributed by atoms with Gasteiger partial charge in [-0.25, -0.2) is 4.79 Å². The van der Waals surface area contributed by atoms with Gasteiger partial charge in [0, 0.05) is 11.1 Å². The monoisotopic (exact) mass is 267 g/mol. The van der Waals surface area contributed by atoms with Crippen LogP contribution in [0.25, 0.3) is 10.9 Å². The van der Waals surface area contributed by atoms with Crippen molar-refractivity contribution in [2.24, 2.45) is 0 Å². The van der Waals surface area contributed by atoms with Gasteiger partial charge in [-0.1, -0.05) is 11.6 Å². The Balaban J connectivity index is 2.49. The number of hydrogen-bond acceptors (Lipinski definition) is 4. The number of hydrogen-bond donors (Lipinski definition) is 1. The summed E-state index contributed by atoms with van der Waals surface area (Å²) in [6, 6.07) is 5.04. The fourth-order valence-corrected chi connectivity index (χ4v) is 1.77. The van der Waals surface area contributed by atoms with Crippen LogP contribution in [0.3, 0.4) is 0 Å². The van der Waals surface area contributed by atoms with E-state index in [2.05, 4.69) is 5.10 Å². The molecule has 2 rings (SSSR count). The van der Waals surface area contributed by atoms with Crippen molar-refractivity contribution in [2.75, 3.05) is 5.73 Å². The SMILES string of the molecule is CC(C)(C)OC(=O)n1nc(Cl)c2cc(N)ccc21. The molecule has 1 aromatic heterocycles. The third-order valence-corrected chi connectivity index (χ3v) is 2.50. The van der Waals surface area contributed by atoms with Crippen LogP contribution in [-0.4, -0.2) is 21.5 Å². The predicted molar refractivity (Wildman–Crippen MR) is 70.8 cm³/mol. The largest absolute Gasteiger partial charge is 0.442 e. The Hall–Kier alpha value is -1.75. The first kappa shape index (κ1) is 12.7. The minimum Gasteiger partial charge on any atom is -0.442 e. The molecule has 2 N–H and O–H groups in total. The first-order valence-electron chi connectivity index (χ1n) is 5.45. The van der Waals surface area contributed by atoms with E-state index in [1.807, 2.05) is 0 Å². The van der Waals surface area contributed by atoms with Crippen molar-refractivity contribution in [3.05, 3.63) is 23.4 Å². The Labute approximate surface area is 109 Å². The zero-order valence-electron chi connectivity index (χ0n) is 10.4. The maximum atomic E-state index is 12.0. The smallest absolute Gasteiger partial charge is 0.435 e. The van der Waals surface area contributed by atoms with Gasteiger partial charge in [0.05, 0.1) is 5.52 Å². The molecule has 2 aromatic rings. The number of rotatable bonds is 0. The van der Waals surface area contributed by atoms with Crippen LogP contribution in [0.2, 0.25) is 5.15 Å². The van der Waals surface area contributed by atoms with Crippen molar-refractivity contribution in [3.63, 3.8) is 0 Å². The van der Waals surface area contributed by atoms with Gasteiger partial charge in [0.25, 0.3) is 0 Å². The molecule has 0 unspecified atom stereocenters. The van der Waals surface area contributed by atoms with Crippen molar-refractivity contribution in [1.82, 2.24) is 9.78 Å². The second kappa shape index (κ2) is 4.17. The Morgan fingerprint density at radius 2 is 2.11 bits per heavy atom. The molecular weight excluding hydrogens is 254 g/mol. The summed E-state index contributed by atoms with van der Waals surface area (Å²) in [4.78, 5) is 12.0. The Morgan fingerprint density at radius 1 is 1.44 bits per heavy atom. The molecular formula is C12H14ClN3O2. The summed E-state index contributed by atoms with van der Waals surface area (Å²) >= 11 is 5.97. The number of aromatic nitrogens is 2. The van der Waals surface area contributed by atoms with Crippen molar-refractivity contribution in [1.29, 1.82) is 0 Å². The van der Waals surface area contributed by atoms with Gasteiger partial charge in [0.2, 0.25) is 0 Å². The van der Waals surface area contributed by atoms with E-state index in [0.29, 0.717) is 16.6 Å². The van der Waals surface area contributed by atoms with E-state index in [1.54, 1.807) is 39.0 Å². The average Bonchev–Trinajstić information content (AvgIpc) is 2.54. The zero-order chi connectivity index (χ0) is 13.5. The highest BCUT2D eigenvalue weighted by atomic mass is 35.5.